The summed E-state index contributed by atoms with van der Waals surface area (Å²) in [5.41, 5.74) is 1.34. The fourth-order valence-corrected chi connectivity index (χ4v) is 6.84. The van der Waals surface area contributed by atoms with Gasteiger partial charge in [-0.1, -0.05) is 12.1 Å². The number of alkyl halides is 3. The molecule has 240 valence electrons. The van der Waals surface area contributed by atoms with Crippen molar-refractivity contribution < 1.29 is 31.9 Å². The van der Waals surface area contributed by atoms with Crippen LogP contribution < -0.4 is 5.32 Å². The predicted molar refractivity (Wildman–Crippen MR) is 156 cm³/mol. The number of fused-ring (bicyclic) bond motifs is 1. The van der Waals surface area contributed by atoms with E-state index in [1.807, 2.05) is 11.0 Å². The van der Waals surface area contributed by atoms with Crippen LogP contribution >= 0.6 is 0 Å². The summed E-state index contributed by atoms with van der Waals surface area (Å²) in [5.74, 6) is 0.0365. The molecule has 1 aromatic carbocycles. The molecule has 0 bridgehead atoms. The maximum Gasteiger partial charge on any atom is 0.417 e. The Bertz CT molecular complexity index is 1540. The van der Waals surface area contributed by atoms with Crippen molar-refractivity contribution in [2.45, 2.75) is 38.9 Å². The highest BCUT2D eigenvalue weighted by Crippen LogP contribution is 2.34. The van der Waals surface area contributed by atoms with Gasteiger partial charge in [-0.25, -0.2) is 14.1 Å². The van der Waals surface area contributed by atoms with Crippen molar-refractivity contribution in [3.63, 3.8) is 0 Å². The van der Waals surface area contributed by atoms with E-state index in [4.69, 9.17) is 4.74 Å². The third-order valence-electron chi connectivity index (χ3n) is 9.25. The van der Waals surface area contributed by atoms with Gasteiger partial charge in [0.05, 0.1) is 41.1 Å². The molecule has 6 rings (SSSR count). The van der Waals surface area contributed by atoms with E-state index in [0.717, 1.165) is 30.9 Å². The number of pyridine rings is 1. The number of carbonyl (C=O) groups excluding carboxylic acids is 2. The van der Waals surface area contributed by atoms with Crippen LogP contribution in [0.3, 0.4) is 0 Å². The Morgan fingerprint density at radius 1 is 1.09 bits per heavy atom. The molecule has 0 spiro atoms. The van der Waals surface area contributed by atoms with Crippen molar-refractivity contribution >= 4 is 11.8 Å². The molecule has 13 heteroatoms. The second-order valence-corrected chi connectivity index (χ2v) is 12.3. The van der Waals surface area contributed by atoms with E-state index in [1.54, 1.807) is 19.9 Å². The Kier molecular flexibility index (Phi) is 8.66. The van der Waals surface area contributed by atoms with Crippen LogP contribution in [0.1, 0.15) is 51.8 Å². The molecule has 3 saturated heterocycles. The number of likely N-dealkylation sites (tertiary alicyclic amines) is 2. The lowest BCUT2D eigenvalue weighted by Crippen LogP contribution is -2.37. The van der Waals surface area contributed by atoms with Gasteiger partial charge in [-0.3, -0.25) is 9.59 Å². The van der Waals surface area contributed by atoms with Crippen LogP contribution in [0.25, 0.3) is 5.82 Å². The van der Waals surface area contributed by atoms with Gasteiger partial charge in [0.25, 0.3) is 5.91 Å². The molecule has 4 atom stereocenters. The van der Waals surface area contributed by atoms with E-state index in [9.17, 15) is 27.2 Å². The van der Waals surface area contributed by atoms with Crippen molar-refractivity contribution in [1.29, 1.82) is 0 Å². The summed E-state index contributed by atoms with van der Waals surface area (Å²) >= 11 is 0. The minimum absolute atomic E-state index is 0.0720. The first-order valence-corrected chi connectivity index (χ1v) is 15.2. The number of halogens is 4. The summed E-state index contributed by atoms with van der Waals surface area (Å²) in [5, 5.41) is 7.55. The maximum absolute atomic E-state index is 14.1. The van der Waals surface area contributed by atoms with Crippen LogP contribution in [-0.4, -0.2) is 82.3 Å². The predicted octanol–water partition coefficient (Wildman–Crippen LogP) is 4.33. The molecule has 2 amide bonds. The monoisotopic (exact) mass is 628 g/mol. The van der Waals surface area contributed by atoms with Crippen LogP contribution in [0.4, 0.5) is 17.6 Å². The summed E-state index contributed by atoms with van der Waals surface area (Å²) in [6.45, 7) is 7.92. The van der Waals surface area contributed by atoms with Crippen molar-refractivity contribution in [2.75, 3.05) is 45.9 Å². The molecule has 45 heavy (non-hydrogen) atoms. The first-order chi connectivity index (χ1) is 21.5. The van der Waals surface area contributed by atoms with Crippen molar-refractivity contribution in [1.82, 2.24) is 29.9 Å². The Balaban J connectivity index is 1.07. The summed E-state index contributed by atoms with van der Waals surface area (Å²) in [7, 11) is 0. The zero-order valence-electron chi connectivity index (χ0n) is 25.2. The Morgan fingerprint density at radius 3 is 2.47 bits per heavy atom. The molecule has 3 aromatic rings. The van der Waals surface area contributed by atoms with Gasteiger partial charge in [0, 0.05) is 45.5 Å². The zero-order chi connectivity index (χ0) is 31.9. The lowest BCUT2D eigenvalue weighted by atomic mass is 10.0. The van der Waals surface area contributed by atoms with Gasteiger partial charge < -0.3 is 19.9 Å². The van der Waals surface area contributed by atoms with Crippen LogP contribution in [0.5, 0.6) is 0 Å². The van der Waals surface area contributed by atoms with Crippen LogP contribution in [-0.2, 0) is 15.7 Å². The maximum atomic E-state index is 14.1. The first kappa shape index (κ1) is 31.2. The highest BCUT2D eigenvalue weighted by atomic mass is 19.4. The number of hydrogen-bond acceptors (Lipinski definition) is 6. The Morgan fingerprint density at radius 2 is 1.84 bits per heavy atom. The second kappa shape index (κ2) is 12.5. The number of aryl methyl sites for hydroxylation is 1. The average molecular weight is 629 g/mol. The highest BCUT2D eigenvalue weighted by molar-refractivity contribution is 5.96. The number of nitrogens with one attached hydrogen (secondary N) is 1. The lowest BCUT2D eigenvalue weighted by molar-refractivity contribution is -0.137. The van der Waals surface area contributed by atoms with E-state index in [2.05, 4.69) is 20.3 Å². The van der Waals surface area contributed by atoms with Crippen LogP contribution in [0.2, 0.25) is 0 Å². The van der Waals surface area contributed by atoms with Crippen LogP contribution in [0.15, 0.2) is 42.6 Å². The molecular formula is C32H36F4N6O3. The van der Waals surface area contributed by atoms with E-state index in [-0.39, 0.29) is 35.4 Å². The molecule has 5 heterocycles. The average Bonchev–Trinajstić information content (AvgIpc) is 3.79. The number of rotatable bonds is 8. The minimum Gasteiger partial charge on any atom is -0.381 e. The molecule has 3 unspecified atom stereocenters. The number of nitrogens with zero attached hydrogens (tertiary/aromatic N) is 5. The quantitative estimate of drug-likeness (QED) is 0.374. The molecule has 1 N–H and O–H groups in total. The standard InChI is InChI=1S/C32H36F4N6O3/c1-19-29(20(2)42(39-19)28-7-6-25(13-37-28)32(34,35)36)31(44)41-16-23-14-40(15-24(23)17-41)10-8-27(21-4-3-5-26(33)12-21)38-30(43)22-9-11-45-18-22/h3-7,12-13,22-24,27H,8-11,14-18H2,1-2H3,(H,38,43)/t22?,23-,24?,27?/m0/s1. The molecule has 0 aliphatic carbocycles. The summed E-state index contributed by atoms with van der Waals surface area (Å²) in [4.78, 5) is 34.7. The van der Waals surface area contributed by atoms with Crippen LogP contribution in [0, 0.1) is 37.4 Å². The highest BCUT2D eigenvalue weighted by Gasteiger charge is 2.42. The van der Waals surface area contributed by atoms with Gasteiger partial charge in [0.2, 0.25) is 5.91 Å². The third-order valence-corrected chi connectivity index (χ3v) is 9.25. The third kappa shape index (κ3) is 6.60. The number of hydrogen-bond donors (Lipinski definition) is 1. The topological polar surface area (TPSA) is 92.6 Å². The fourth-order valence-electron chi connectivity index (χ4n) is 6.84. The van der Waals surface area contributed by atoms with Crippen molar-refractivity contribution in [3.8, 4) is 5.82 Å². The van der Waals surface area contributed by atoms with Crippen molar-refractivity contribution in [2.24, 2.45) is 17.8 Å². The van der Waals surface area contributed by atoms with Crippen molar-refractivity contribution in [3.05, 3.63) is 76.5 Å². The smallest absolute Gasteiger partial charge is 0.381 e. The molecule has 3 aliphatic heterocycles. The molecule has 2 aromatic heterocycles. The SMILES string of the molecule is Cc1nn(-c2ccc(C(F)(F)F)cn2)c(C)c1C(=O)N1CC2CN(CCC(NC(=O)C3CCOC3)c3cccc(F)c3)C[C@H]2C1. The van der Waals surface area contributed by atoms with Gasteiger partial charge in [-0.2, -0.15) is 18.3 Å². The molecule has 3 aliphatic rings. The van der Waals surface area contributed by atoms with Gasteiger partial charge in [0.15, 0.2) is 5.82 Å². The van der Waals surface area contributed by atoms with E-state index in [0.29, 0.717) is 74.5 Å². The number of ether oxygens (including phenoxy) is 1. The fraction of sp³-hybridized carbons (Fsp3) is 0.500. The van der Waals surface area contributed by atoms with Gasteiger partial charge in [0.1, 0.15) is 5.82 Å². The molecular weight excluding hydrogens is 592 g/mol. The molecule has 3 fully saturated rings. The normalized spacial score (nSPS) is 22.5. The van der Waals surface area contributed by atoms with Gasteiger partial charge in [-0.15, -0.1) is 0 Å². The summed E-state index contributed by atoms with van der Waals surface area (Å²) in [6.07, 6.45) is -2.42. The van der Waals surface area contributed by atoms with E-state index < -0.39 is 11.7 Å². The first-order valence-electron chi connectivity index (χ1n) is 15.2. The Hall–Kier alpha value is -3.84. The number of amides is 2. The van der Waals surface area contributed by atoms with Gasteiger partial charge in [-0.05, 0) is 68.4 Å². The number of aromatic nitrogens is 3. The van der Waals surface area contributed by atoms with E-state index >= 15 is 0 Å². The molecule has 0 radical (unpaired) electrons. The second-order valence-electron chi connectivity index (χ2n) is 12.3. The largest absolute Gasteiger partial charge is 0.417 e. The molecule has 9 nitrogen and oxygen atoms in total. The summed E-state index contributed by atoms with van der Waals surface area (Å²) < 4.78 is 59.8. The number of carbonyl (C=O) groups is 2. The minimum atomic E-state index is -4.49. The number of benzene rings is 1. The van der Waals surface area contributed by atoms with E-state index in [1.165, 1.54) is 22.9 Å². The molecule has 0 saturated carbocycles. The Labute approximate surface area is 258 Å². The zero-order valence-corrected chi connectivity index (χ0v) is 25.2. The summed E-state index contributed by atoms with van der Waals surface area (Å²) in [6, 6.07) is 8.22. The van der Waals surface area contributed by atoms with Gasteiger partial charge >= 0.3 is 6.18 Å². The lowest BCUT2D eigenvalue weighted by Gasteiger charge is -2.25.